The minimum absolute atomic E-state index is 0.00154. The molecule has 9 heteroatoms. The first-order valence-corrected chi connectivity index (χ1v) is 8.83. The third-order valence-corrected chi connectivity index (χ3v) is 4.59. The fraction of sp³-hybridized carbons (Fsp3) is 0.500. The first kappa shape index (κ1) is 19.3. The number of pyridine rings is 1. The highest BCUT2D eigenvalue weighted by atomic mass is 19.4. The highest BCUT2D eigenvalue weighted by Crippen LogP contribution is 2.31. The molecule has 0 bridgehead atoms. The second-order valence-electron chi connectivity index (χ2n) is 6.50. The number of carbonyl (C=O) groups is 1. The Kier molecular flexibility index (Phi) is 5.79. The van der Waals surface area contributed by atoms with E-state index in [0.29, 0.717) is 19.0 Å². The quantitative estimate of drug-likeness (QED) is 0.803. The highest BCUT2D eigenvalue weighted by molar-refractivity contribution is 5.87. The molecule has 0 unspecified atom stereocenters. The lowest BCUT2D eigenvalue weighted by atomic mass is 9.96. The molecule has 146 valence electrons. The average Bonchev–Trinajstić information content (AvgIpc) is 3.14. The Morgan fingerprint density at radius 2 is 2.00 bits per heavy atom. The summed E-state index contributed by atoms with van der Waals surface area (Å²) in [5.74, 6) is -0.0364. The summed E-state index contributed by atoms with van der Waals surface area (Å²) in [7, 11) is 0. The number of hydrogen-bond donors (Lipinski definition) is 1. The van der Waals surface area contributed by atoms with Crippen LogP contribution in [0.5, 0.6) is 0 Å². The molecule has 3 heterocycles. The van der Waals surface area contributed by atoms with Crippen LogP contribution in [0.3, 0.4) is 0 Å². The molecular weight excluding hydrogens is 361 g/mol. The van der Waals surface area contributed by atoms with Crippen LogP contribution in [0.2, 0.25) is 0 Å². The number of rotatable bonds is 5. The lowest BCUT2D eigenvalue weighted by molar-refractivity contribution is -0.141. The topological polar surface area (TPSA) is 71.1 Å². The highest BCUT2D eigenvalue weighted by Gasteiger charge is 2.34. The van der Waals surface area contributed by atoms with Gasteiger partial charge in [0.2, 0.25) is 0 Å². The molecule has 0 atom stereocenters. The number of nitrogens with one attached hydrogen (secondary N) is 1. The Morgan fingerprint density at radius 1 is 1.26 bits per heavy atom. The number of aromatic nitrogens is 3. The molecule has 0 saturated carbocycles. The zero-order chi connectivity index (χ0) is 19.4. The van der Waals surface area contributed by atoms with Crippen LogP contribution in [-0.4, -0.2) is 45.5 Å². The van der Waals surface area contributed by atoms with Crippen molar-refractivity contribution in [2.75, 3.05) is 19.7 Å². The second kappa shape index (κ2) is 8.08. The monoisotopic (exact) mass is 382 g/mol. The van der Waals surface area contributed by atoms with Crippen molar-refractivity contribution in [3.05, 3.63) is 47.3 Å². The largest absolute Gasteiger partial charge is 0.461 e. The van der Waals surface area contributed by atoms with Gasteiger partial charge in [-0.1, -0.05) is 6.07 Å². The molecule has 0 spiro atoms. The van der Waals surface area contributed by atoms with Crippen LogP contribution in [0.25, 0.3) is 0 Å². The lowest BCUT2D eigenvalue weighted by Crippen LogP contribution is -2.32. The lowest BCUT2D eigenvalue weighted by Gasteiger charge is -2.31. The Balaban J connectivity index is 1.52. The number of imidazole rings is 1. The van der Waals surface area contributed by atoms with E-state index in [1.54, 1.807) is 19.2 Å². The van der Waals surface area contributed by atoms with E-state index in [4.69, 9.17) is 4.74 Å². The molecule has 27 heavy (non-hydrogen) atoms. The molecule has 1 fully saturated rings. The van der Waals surface area contributed by atoms with Crippen molar-refractivity contribution in [1.82, 2.24) is 19.9 Å². The number of halogens is 3. The molecule has 0 radical (unpaired) electrons. The van der Waals surface area contributed by atoms with Crippen molar-refractivity contribution in [1.29, 1.82) is 0 Å². The van der Waals surface area contributed by atoms with Crippen molar-refractivity contribution in [2.45, 2.75) is 38.4 Å². The number of hydrogen-bond acceptors (Lipinski definition) is 5. The van der Waals surface area contributed by atoms with Crippen molar-refractivity contribution in [2.24, 2.45) is 0 Å². The number of nitrogens with zero attached hydrogens (tertiary/aromatic N) is 3. The summed E-state index contributed by atoms with van der Waals surface area (Å²) in [5, 5.41) is 0. The van der Waals surface area contributed by atoms with Crippen molar-refractivity contribution in [3.63, 3.8) is 0 Å². The van der Waals surface area contributed by atoms with E-state index in [1.165, 1.54) is 0 Å². The Bertz CT molecular complexity index is 766. The zero-order valence-corrected chi connectivity index (χ0v) is 14.9. The maximum Gasteiger partial charge on any atom is 0.432 e. The van der Waals surface area contributed by atoms with E-state index in [-0.39, 0.29) is 11.6 Å². The van der Waals surface area contributed by atoms with E-state index in [9.17, 15) is 18.0 Å². The molecule has 0 aliphatic carbocycles. The van der Waals surface area contributed by atoms with Crippen LogP contribution < -0.4 is 0 Å². The minimum atomic E-state index is -4.39. The van der Waals surface area contributed by atoms with Crippen LogP contribution in [0.1, 0.15) is 53.3 Å². The zero-order valence-electron chi connectivity index (χ0n) is 14.9. The summed E-state index contributed by atoms with van der Waals surface area (Å²) in [5.41, 5.74) is 0.448. The number of alkyl halides is 3. The molecule has 1 saturated heterocycles. The van der Waals surface area contributed by atoms with Crippen LogP contribution in [0.15, 0.2) is 24.5 Å². The van der Waals surface area contributed by atoms with Gasteiger partial charge in [0.25, 0.3) is 0 Å². The number of likely N-dealkylation sites (tertiary alicyclic amines) is 1. The number of H-pyrrole nitrogens is 1. The minimum Gasteiger partial charge on any atom is -0.461 e. The molecule has 6 nitrogen and oxygen atoms in total. The molecule has 0 amide bonds. The fourth-order valence-corrected chi connectivity index (χ4v) is 3.15. The van der Waals surface area contributed by atoms with E-state index >= 15 is 0 Å². The van der Waals surface area contributed by atoms with E-state index in [0.717, 1.165) is 37.7 Å². The van der Waals surface area contributed by atoms with Gasteiger partial charge in [0.05, 0.1) is 12.8 Å². The number of piperidine rings is 1. The molecule has 0 aromatic carbocycles. The number of ether oxygens (including phenoxy) is 1. The van der Waals surface area contributed by atoms with Crippen LogP contribution >= 0.6 is 0 Å². The van der Waals surface area contributed by atoms with Crippen molar-refractivity contribution in [3.8, 4) is 0 Å². The number of aromatic amines is 1. The standard InChI is InChI=1S/C18H21F3N4O2/c1-2-27-17(26)14-4-3-12(9-22-14)11-25-7-5-13(6-8-25)16-23-10-15(24-16)18(19,20)21/h3-4,9-10,13H,2,5-8,11H2,1H3,(H,23,24). The van der Waals surface area contributed by atoms with E-state index in [1.807, 2.05) is 6.07 Å². The van der Waals surface area contributed by atoms with Gasteiger partial charge in [0.15, 0.2) is 0 Å². The third-order valence-electron chi connectivity index (χ3n) is 4.59. The van der Waals surface area contributed by atoms with Crippen molar-refractivity contribution >= 4 is 5.97 Å². The SMILES string of the molecule is CCOC(=O)c1ccc(CN2CCC(c3ncc(C(F)(F)F)[nH]3)CC2)cn1. The van der Waals surface area contributed by atoms with Gasteiger partial charge in [-0.05, 0) is 44.5 Å². The predicted molar refractivity (Wildman–Crippen MR) is 91.0 cm³/mol. The third kappa shape index (κ3) is 4.85. The normalized spacial score (nSPS) is 16.4. The van der Waals surface area contributed by atoms with Crippen LogP contribution in [0.4, 0.5) is 13.2 Å². The molecular formula is C18H21F3N4O2. The molecule has 1 aliphatic heterocycles. The van der Waals surface area contributed by atoms with Gasteiger partial charge in [0, 0.05) is 18.7 Å². The summed E-state index contributed by atoms with van der Waals surface area (Å²) in [4.78, 5) is 24.3. The average molecular weight is 382 g/mol. The maximum absolute atomic E-state index is 12.7. The van der Waals surface area contributed by atoms with Crippen molar-refractivity contribution < 1.29 is 22.7 Å². The smallest absolute Gasteiger partial charge is 0.432 e. The van der Waals surface area contributed by atoms with Crippen LogP contribution in [0, 0.1) is 0 Å². The fourth-order valence-electron chi connectivity index (χ4n) is 3.15. The van der Waals surface area contributed by atoms with E-state index in [2.05, 4.69) is 19.9 Å². The maximum atomic E-state index is 12.7. The number of esters is 1. The summed E-state index contributed by atoms with van der Waals surface area (Å²) >= 11 is 0. The number of carbonyl (C=O) groups excluding carboxylic acids is 1. The molecule has 2 aromatic rings. The molecule has 1 aliphatic rings. The van der Waals surface area contributed by atoms with Gasteiger partial charge in [0.1, 0.15) is 17.2 Å². The molecule has 1 N–H and O–H groups in total. The first-order chi connectivity index (χ1) is 12.9. The van der Waals surface area contributed by atoms with Gasteiger partial charge in [-0.15, -0.1) is 0 Å². The summed E-state index contributed by atoms with van der Waals surface area (Å²) in [6.07, 6.45) is -0.411. The van der Waals surface area contributed by atoms with Gasteiger partial charge in [-0.25, -0.2) is 14.8 Å². The summed E-state index contributed by atoms with van der Waals surface area (Å²) < 4.78 is 42.9. The van der Waals surface area contributed by atoms with Crippen LogP contribution in [-0.2, 0) is 17.5 Å². The Morgan fingerprint density at radius 3 is 2.56 bits per heavy atom. The summed E-state index contributed by atoms with van der Waals surface area (Å²) in [6, 6.07) is 3.48. The Hall–Kier alpha value is -2.42. The van der Waals surface area contributed by atoms with E-state index < -0.39 is 17.8 Å². The Labute approximate surface area is 154 Å². The van der Waals surface area contributed by atoms with Gasteiger partial charge >= 0.3 is 12.1 Å². The molecule has 3 rings (SSSR count). The predicted octanol–water partition coefficient (Wildman–Crippen LogP) is 3.38. The van der Waals surface area contributed by atoms with Gasteiger partial charge < -0.3 is 9.72 Å². The summed E-state index contributed by atoms with van der Waals surface area (Å²) in [6.45, 7) is 4.23. The van der Waals surface area contributed by atoms with Gasteiger partial charge in [-0.2, -0.15) is 13.2 Å². The van der Waals surface area contributed by atoms with Gasteiger partial charge in [-0.3, -0.25) is 4.90 Å². The first-order valence-electron chi connectivity index (χ1n) is 8.83. The molecule has 2 aromatic heterocycles. The second-order valence-corrected chi connectivity index (χ2v) is 6.50.